The molecular formula is C11H23NO2. The Morgan fingerprint density at radius 2 is 2.21 bits per heavy atom. The van der Waals surface area contributed by atoms with Crippen molar-refractivity contribution in [3.63, 3.8) is 0 Å². The summed E-state index contributed by atoms with van der Waals surface area (Å²) in [4.78, 5) is 2.26. The summed E-state index contributed by atoms with van der Waals surface area (Å²) in [6.45, 7) is 8.91. The van der Waals surface area contributed by atoms with Crippen LogP contribution in [-0.2, 0) is 4.74 Å². The first kappa shape index (κ1) is 12.0. The standard InChI is InChI=1S/C11H23NO2/c1-10(2)4-7-14-8-6-12-5-3-11(13)9-12/h10-11,13H,3-9H2,1-2H3/t11-/m1/s1. The second-order valence-corrected chi connectivity index (χ2v) is 4.54. The molecule has 1 heterocycles. The number of aliphatic hydroxyl groups excluding tert-OH is 1. The van der Waals surface area contributed by atoms with Gasteiger partial charge in [-0.2, -0.15) is 0 Å². The Morgan fingerprint density at radius 1 is 1.43 bits per heavy atom. The van der Waals surface area contributed by atoms with Crippen LogP contribution in [-0.4, -0.2) is 49.0 Å². The maximum Gasteiger partial charge on any atom is 0.0679 e. The van der Waals surface area contributed by atoms with Crippen LogP contribution in [0, 0.1) is 5.92 Å². The van der Waals surface area contributed by atoms with E-state index in [0.29, 0.717) is 0 Å². The molecule has 0 amide bonds. The molecule has 0 aromatic carbocycles. The molecule has 1 aliphatic heterocycles. The van der Waals surface area contributed by atoms with E-state index in [-0.39, 0.29) is 6.10 Å². The van der Waals surface area contributed by atoms with E-state index in [1.54, 1.807) is 0 Å². The van der Waals surface area contributed by atoms with Gasteiger partial charge in [-0.15, -0.1) is 0 Å². The van der Waals surface area contributed by atoms with Gasteiger partial charge in [0.25, 0.3) is 0 Å². The van der Waals surface area contributed by atoms with E-state index in [4.69, 9.17) is 4.74 Å². The molecule has 0 radical (unpaired) electrons. The van der Waals surface area contributed by atoms with Gasteiger partial charge in [-0.05, 0) is 18.8 Å². The Hall–Kier alpha value is -0.120. The van der Waals surface area contributed by atoms with Crippen molar-refractivity contribution in [1.82, 2.24) is 4.90 Å². The van der Waals surface area contributed by atoms with E-state index in [0.717, 1.165) is 51.6 Å². The molecule has 0 spiro atoms. The monoisotopic (exact) mass is 201 g/mol. The lowest BCUT2D eigenvalue weighted by atomic mass is 10.1. The third kappa shape index (κ3) is 4.94. The number of hydrogen-bond acceptors (Lipinski definition) is 3. The molecule has 14 heavy (non-hydrogen) atoms. The van der Waals surface area contributed by atoms with Crippen LogP contribution in [0.2, 0.25) is 0 Å². The first-order valence-electron chi connectivity index (χ1n) is 5.66. The lowest BCUT2D eigenvalue weighted by molar-refractivity contribution is 0.0972. The fourth-order valence-electron chi connectivity index (χ4n) is 1.63. The number of aliphatic hydroxyl groups is 1. The molecule has 3 heteroatoms. The average Bonchev–Trinajstić information content (AvgIpc) is 2.50. The summed E-state index contributed by atoms with van der Waals surface area (Å²) in [6, 6.07) is 0. The van der Waals surface area contributed by atoms with Crippen LogP contribution in [0.3, 0.4) is 0 Å². The van der Waals surface area contributed by atoms with Crippen molar-refractivity contribution >= 4 is 0 Å². The minimum absolute atomic E-state index is 0.106. The van der Waals surface area contributed by atoms with Crippen molar-refractivity contribution in [2.24, 2.45) is 5.92 Å². The highest BCUT2D eigenvalue weighted by Crippen LogP contribution is 2.07. The van der Waals surface area contributed by atoms with E-state index in [1.807, 2.05) is 0 Å². The summed E-state index contributed by atoms with van der Waals surface area (Å²) in [7, 11) is 0. The smallest absolute Gasteiger partial charge is 0.0679 e. The van der Waals surface area contributed by atoms with Crippen molar-refractivity contribution in [2.75, 3.05) is 32.8 Å². The summed E-state index contributed by atoms with van der Waals surface area (Å²) in [6.07, 6.45) is 1.96. The van der Waals surface area contributed by atoms with Crippen LogP contribution in [0.5, 0.6) is 0 Å². The molecule has 1 rings (SSSR count). The van der Waals surface area contributed by atoms with Gasteiger partial charge in [0, 0.05) is 26.2 Å². The molecule has 0 aromatic rings. The summed E-state index contributed by atoms with van der Waals surface area (Å²) >= 11 is 0. The lowest BCUT2D eigenvalue weighted by Crippen LogP contribution is -2.26. The molecule has 1 atom stereocenters. The van der Waals surface area contributed by atoms with E-state index < -0.39 is 0 Å². The molecule has 1 N–H and O–H groups in total. The number of likely N-dealkylation sites (tertiary alicyclic amines) is 1. The summed E-state index contributed by atoms with van der Waals surface area (Å²) in [5.41, 5.74) is 0. The zero-order valence-corrected chi connectivity index (χ0v) is 9.41. The zero-order valence-electron chi connectivity index (χ0n) is 9.41. The van der Waals surface area contributed by atoms with Gasteiger partial charge in [0.1, 0.15) is 0 Å². The lowest BCUT2D eigenvalue weighted by Gasteiger charge is -2.14. The van der Waals surface area contributed by atoms with Crippen LogP contribution in [0.15, 0.2) is 0 Å². The van der Waals surface area contributed by atoms with Gasteiger partial charge in [0.2, 0.25) is 0 Å². The topological polar surface area (TPSA) is 32.7 Å². The Balaban J connectivity index is 1.89. The van der Waals surface area contributed by atoms with Gasteiger partial charge < -0.3 is 9.84 Å². The van der Waals surface area contributed by atoms with Crippen molar-refractivity contribution in [3.8, 4) is 0 Å². The molecule has 3 nitrogen and oxygen atoms in total. The normalized spacial score (nSPS) is 23.6. The van der Waals surface area contributed by atoms with Crippen molar-refractivity contribution in [3.05, 3.63) is 0 Å². The number of hydrogen-bond donors (Lipinski definition) is 1. The van der Waals surface area contributed by atoms with Gasteiger partial charge in [-0.25, -0.2) is 0 Å². The van der Waals surface area contributed by atoms with Crippen LogP contribution < -0.4 is 0 Å². The van der Waals surface area contributed by atoms with Crippen LogP contribution >= 0.6 is 0 Å². The SMILES string of the molecule is CC(C)CCOCCN1CC[C@@H](O)C1. The quantitative estimate of drug-likeness (QED) is 0.654. The first-order chi connectivity index (χ1) is 6.68. The first-order valence-corrected chi connectivity index (χ1v) is 5.66. The molecule has 1 aliphatic rings. The molecule has 1 fully saturated rings. The van der Waals surface area contributed by atoms with Crippen LogP contribution in [0.25, 0.3) is 0 Å². The highest BCUT2D eigenvalue weighted by atomic mass is 16.5. The van der Waals surface area contributed by atoms with Crippen molar-refractivity contribution < 1.29 is 9.84 Å². The molecular weight excluding hydrogens is 178 g/mol. The second-order valence-electron chi connectivity index (χ2n) is 4.54. The number of rotatable bonds is 6. The minimum Gasteiger partial charge on any atom is -0.392 e. The van der Waals surface area contributed by atoms with Crippen LogP contribution in [0.4, 0.5) is 0 Å². The van der Waals surface area contributed by atoms with Crippen molar-refractivity contribution in [2.45, 2.75) is 32.8 Å². The van der Waals surface area contributed by atoms with Gasteiger partial charge in [-0.3, -0.25) is 4.90 Å². The maximum absolute atomic E-state index is 9.29. The number of β-amino-alcohol motifs (C(OH)–C–C–N with tert-alkyl or cyclic N) is 1. The Morgan fingerprint density at radius 3 is 2.79 bits per heavy atom. The molecule has 0 aromatic heterocycles. The molecule has 0 aliphatic carbocycles. The number of ether oxygens (including phenoxy) is 1. The van der Waals surface area contributed by atoms with Gasteiger partial charge >= 0.3 is 0 Å². The third-order valence-corrected chi connectivity index (χ3v) is 2.64. The van der Waals surface area contributed by atoms with Gasteiger partial charge in [0.15, 0.2) is 0 Å². The Labute approximate surface area is 87.1 Å². The van der Waals surface area contributed by atoms with Gasteiger partial charge in [0.05, 0.1) is 12.7 Å². The summed E-state index contributed by atoms with van der Waals surface area (Å²) in [5, 5.41) is 9.29. The largest absolute Gasteiger partial charge is 0.392 e. The molecule has 84 valence electrons. The third-order valence-electron chi connectivity index (χ3n) is 2.64. The average molecular weight is 201 g/mol. The van der Waals surface area contributed by atoms with E-state index >= 15 is 0 Å². The highest BCUT2D eigenvalue weighted by molar-refractivity contribution is 4.73. The minimum atomic E-state index is -0.106. The zero-order chi connectivity index (χ0) is 10.4. The highest BCUT2D eigenvalue weighted by Gasteiger charge is 2.19. The Kier molecular flexibility index (Phi) is 5.45. The summed E-state index contributed by atoms with van der Waals surface area (Å²) < 4.78 is 5.52. The maximum atomic E-state index is 9.29. The van der Waals surface area contributed by atoms with Crippen LogP contribution in [0.1, 0.15) is 26.7 Å². The predicted octanol–water partition coefficient (Wildman–Crippen LogP) is 1.12. The fraction of sp³-hybridized carbons (Fsp3) is 1.00. The summed E-state index contributed by atoms with van der Waals surface area (Å²) in [5.74, 6) is 0.726. The molecule has 0 unspecified atom stereocenters. The molecule has 0 bridgehead atoms. The van der Waals surface area contributed by atoms with E-state index in [1.165, 1.54) is 0 Å². The van der Waals surface area contributed by atoms with E-state index in [2.05, 4.69) is 18.7 Å². The fourth-order valence-corrected chi connectivity index (χ4v) is 1.63. The molecule has 1 saturated heterocycles. The van der Waals surface area contributed by atoms with Gasteiger partial charge in [-0.1, -0.05) is 13.8 Å². The Bertz CT molecular complexity index is 150. The van der Waals surface area contributed by atoms with Crippen molar-refractivity contribution in [1.29, 1.82) is 0 Å². The molecule has 0 saturated carbocycles. The second kappa shape index (κ2) is 6.38. The van der Waals surface area contributed by atoms with E-state index in [9.17, 15) is 5.11 Å². The predicted molar refractivity (Wildman–Crippen MR) is 57.3 cm³/mol. The number of nitrogens with zero attached hydrogens (tertiary/aromatic N) is 1.